The highest BCUT2D eigenvalue weighted by molar-refractivity contribution is 5.65. The fourth-order valence-electron chi connectivity index (χ4n) is 2.77. The molecular weight excluding hydrogens is 252 g/mol. The van der Waals surface area contributed by atoms with Gasteiger partial charge in [-0.25, -0.2) is 0 Å². The fourth-order valence-corrected chi connectivity index (χ4v) is 2.77. The van der Waals surface area contributed by atoms with E-state index in [0.717, 1.165) is 35.8 Å². The van der Waals surface area contributed by atoms with E-state index in [0.29, 0.717) is 0 Å². The average Bonchev–Trinajstić information content (AvgIpc) is 2.45. The van der Waals surface area contributed by atoms with Crippen molar-refractivity contribution in [2.45, 2.75) is 38.6 Å². The van der Waals surface area contributed by atoms with Crippen LogP contribution in [0.25, 0.3) is 0 Å². The number of methoxy groups -OCH3 is 2. The van der Waals surface area contributed by atoms with Crippen molar-refractivity contribution in [3.05, 3.63) is 17.7 Å². The molecule has 0 aliphatic carbocycles. The molecule has 1 aromatic carbocycles. The Bertz CT molecular complexity index is 460. The van der Waals surface area contributed by atoms with Gasteiger partial charge in [0.2, 0.25) is 0 Å². The summed E-state index contributed by atoms with van der Waals surface area (Å²) < 4.78 is 11.1. The van der Waals surface area contributed by atoms with Crippen LogP contribution in [-0.4, -0.2) is 27.3 Å². The molecule has 1 saturated heterocycles. The van der Waals surface area contributed by atoms with Gasteiger partial charge in [-0.2, -0.15) is 0 Å². The van der Waals surface area contributed by atoms with E-state index in [1.165, 1.54) is 19.3 Å². The maximum absolute atomic E-state index is 6.24. The molecule has 4 nitrogen and oxygen atoms in total. The van der Waals surface area contributed by atoms with Crippen LogP contribution in [0.1, 0.15) is 38.7 Å². The molecule has 1 aliphatic rings. The zero-order valence-electron chi connectivity index (χ0n) is 13.0. The van der Waals surface area contributed by atoms with Crippen LogP contribution in [0.15, 0.2) is 12.1 Å². The summed E-state index contributed by atoms with van der Waals surface area (Å²) in [6.07, 6.45) is 3.77. The highest BCUT2D eigenvalue weighted by Gasteiger charge is 2.24. The van der Waals surface area contributed by atoms with Crippen molar-refractivity contribution in [1.82, 2.24) is 0 Å². The topological polar surface area (TPSA) is 47.7 Å². The van der Waals surface area contributed by atoms with Gasteiger partial charge in [-0.05, 0) is 39.2 Å². The van der Waals surface area contributed by atoms with Gasteiger partial charge in [0.25, 0.3) is 0 Å². The molecular formula is C16H26N2O2. The first-order valence-electron chi connectivity index (χ1n) is 7.27. The van der Waals surface area contributed by atoms with Crippen LogP contribution in [0.3, 0.4) is 0 Å². The average molecular weight is 278 g/mol. The highest BCUT2D eigenvalue weighted by Crippen LogP contribution is 2.39. The molecule has 0 atom stereocenters. The Hall–Kier alpha value is -1.42. The molecule has 1 heterocycles. The van der Waals surface area contributed by atoms with Crippen LogP contribution in [0, 0.1) is 0 Å². The van der Waals surface area contributed by atoms with Crippen LogP contribution in [0.5, 0.6) is 11.5 Å². The standard InChI is InChI=1S/C16H26N2O2/c1-16(2,17)12-10-15(20-4)13(11-14(12)19-3)18-8-6-5-7-9-18/h10-11H,5-9,17H2,1-4H3. The molecule has 1 aliphatic heterocycles. The van der Waals surface area contributed by atoms with Crippen molar-refractivity contribution >= 4 is 5.69 Å². The second kappa shape index (κ2) is 5.92. The Morgan fingerprint density at radius 3 is 2.10 bits per heavy atom. The fraction of sp³-hybridized carbons (Fsp3) is 0.625. The summed E-state index contributed by atoms with van der Waals surface area (Å²) in [5.74, 6) is 1.71. The minimum Gasteiger partial charge on any atom is -0.496 e. The monoisotopic (exact) mass is 278 g/mol. The van der Waals surface area contributed by atoms with E-state index in [2.05, 4.69) is 11.0 Å². The third-order valence-corrected chi connectivity index (χ3v) is 3.89. The number of hydrogen-bond donors (Lipinski definition) is 1. The minimum atomic E-state index is -0.459. The van der Waals surface area contributed by atoms with Crippen molar-refractivity contribution in [1.29, 1.82) is 0 Å². The lowest BCUT2D eigenvalue weighted by atomic mass is 9.93. The van der Waals surface area contributed by atoms with Gasteiger partial charge in [0.15, 0.2) is 0 Å². The van der Waals surface area contributed by atoms with Crippen LogP contribution >= 0.6 is 0 Å². The van der Waals surface area contributed by atoms with Crippen molar-refractivity contribution in [3.63, 3.8) is 0 Å². The van der Waals surface area contributed by atoms with E-state index in [1.807, 2.05) is 19.9 Å². The molecule has 2 N–H and O–H groups in total. The number of anilines is 1. The lowest BCUT2D eigenvalue weighted by Gasteiger charge is -2.32. The first-order chi connectivity index (χ1) is 9.47. The zero-order chi connectivity index (χ0) is 14.8. The Labute approximate surface area is 121 Å². The highest BCUT2D eigenvalue weighted by atomic mass is 16.5. The predicted molar refractivity (Wildman–Crippen MR) is 82.8 cm³/mol. The number of benzene rings is 1. The largest absolute Gasteiger partial charge is 0.496 e. The summed E-state index contributed by atoms with van der Waals surface area (Å²) >= 11 is 0. The second-order valence-electron chi connectivity index (χ2n) is 5.99. The SMILES string of the molecule is COc1cc(C(C)(C)N)c(OC)cc1N1CCCCC1. The van der Waals surface area contributed by atoms with Gasteiger partial charge in [-0.1, -0.05) is 0 Å². The van der Waals surface area contributed by atoms with Crippen molar-refractivity contribution in [2.75, 3.05) is 32.2 Å². The van der Waals surface area contributed by atoms with E-state index >= 15 is 0 Å². The summed E-state index contributed by atoms with van der Waals surface area (Å²) in [5.41, 5.74) is 7.86. The van der Waals surface area contributed by atoms with Gasteiger partial charge < -0.3 is 20.1 Å². The van der Waals surface area contributed by atoms with Gasteiger partial charge >= 0.3 is 0 Å². The summed E-state index contributed by atoms with van der Waals surface area (Å²) in [6.45, 7) is 6.10. The summed E-state index contributed by atoms with van der Waals surface area (Å²) in [7, 11) is 3.40. The third-order valence-electron chi connectivity index (χ3n) is 3.89. The molecule has 4 heteroatoms. The quantitative estimate of drug-likeness (QED) is 0.920. The van der Waals surface area contributed by atoms with Gasteiger partial charge in [-0.15, -0.1) is 0 Å². The van der Waals surface area contributed by atoms with Crippen molar-refractivity contribution in [2.24, 2.45) is 5.73 Å². The number of nitrogens with zero attached hydrogens (tertiary/aromatic N) is 1. The predicted octanol–water partition coefficient (Wildman–Crippen LogP) is 2.89. The maximum Gasteiger partial charge on any atom is 0.142 e. The van der Waals surface area contributed by atoms with Crippen LogP contribution in [0.4, 0.5) is 5.69 Å². The Balaban J connectivity index is 2.46. The van der Waals surface area contributed by atoms with Gasteiger partial charge in [0.05, 0.1) is 19.9 Å². The molecule has 0 bridgehead atoms. The third kappa shape index (κ3) is 3.01. The van der Waals surface area contributed by atoms with Gasteiger partial charge in [0.1, 0.15) is 11.5 Å². The molecule has 112 valence electrons. The van der Waals surface area contributed by atoms with Crippen LogP contribution < -0.4 is 20.1 Å². The lowest BCUT2D eigenvalue weighted by molar-refractivity contribution is 0.384. The number of piperidine rings is 1. The molecule has 0 unspecified atom stereocenters. The zero-order valence-corrected chi connectivity index (χ0v) is 13.0. The van der Waals surface area contributed by atoms with E-state index in [1.54, 1.807) is 14.2 Å². The Morgan fingerprint density at radius 1 is 1.00 bits per heavy atom. The smallest absolute Gasteiger partial charge is 0.142 e. The summed E-state index contributed by atoms with van der Waals surface area (Å²) in [5, 5.41) is 0. The van der Waals surface area contributed by atoms with Crippen molar-refractivity contribution in [3.8, 4) is 11.5 Å². The summed E-state index contributed by atoms with van der Waals surface area (Å²) in [6, 6.07) is 4.08. The van der Waals surface area contributed by atoms with Crippen LogP contribution in [0.2, 0.25) is 0 Å². The molecule has 1 aromatic rings. The molecule has 0 amide bonds. The number of ether oxygens (including phenoxy) is 2. The van der Waals surface area contributed by atoms with E-state index in [9.17, 15) is 0 Å². The Kier molecular flexibility index (Phi) is 4.43. The van der Waals surface area contributed by atoms with E-state index in [-0.39, 0.29) is 0 Å². The lowest BCUT2D eigenvalue weighted by Crippen LogP contribution is -2.31. The molecule has 20 heavy (non-hydrogen) atoms. The Morgan fingerprint density at radius 2 is 1.60 bits per heavy atom. The van der Waals surface area contributed by atoms with E-state index < -0.39 is 5.54 Å². The van der Waals surface area contributed by atoms with Gasteiger partial charge in [-0.3, -0.25) is 0 Å². The number of rotatable bonds is 4. The number of hydrogen-bond acceptors (Lipinski definition) is 4. The minimum absolute atomic E-state index is 0.459. The molecule has 1 fully saturated rings. The maximum atomic E-state index is 6.24. The summed E-state index contributed by atoms with van der Waals surface area (Å²) in [4.78, 5) is 2.37. The first kappa shape index (κ1) is 15.0. The molecule has 2 rings (SSSR count). The van der Waals surface area contributed by atoms with Crippen LogP contribution in [-0.2, 0) is 5.54 Å². The van der Waals surface area contributed by atoms with E-state index in [4.69, 9.17) is 15.2 Å². The molecule has 0 spiro atoms. The second-order valence-corrected chi connectivity index (χ2v) is 5.99. The molecule has 0 radical (unpaired) electrons. The normalized spacial score (nSPS) is 16.1. The molecule has 0 aromatic heterocycles. The molecule has 0 saturated carbocycles. The van der Waals surface area contributed by atoms with Gasteiger partial charge in [0, 0.05) is 30.3 Å². The van der Waals surface area contributed by atoms with Crippen molar-refractivity contribution < 1.29 is 9.47 Å². The number of nitrogens with two attached hydrogens (primary N) is 1. The first-order valence-corrected chi connectivity index (χ1v) is 7.27.